The fraction of sp³-hybridized carbons (Fsp3) is 0.429. The lowest BCUT2D eigenvalue weighted by Gasteiger charge is -2.09. The van der Waals surface area contributed by atoms with Crippen LogP contribution in [0.1, 0.15) is 91.1 Å². The van der Waals surface area contributed by atoms with Gasteiger partial charge in [0.15, 0.2) is 0 Å². The Labute approximate surface area is 211 Å². The molecule has 0 saturated heterocycles. The predicted molar refractivity (Wildman–Crippen MR) is 133 cm³/mol. The second-order valence-corrected chi connectivity index (χ2v) is 8.42. The van der Waals surface area contributed by atoms with Crippen molar-refractivity contribution in [3.8, 4) is 0 Å². The van der Waals surface area contributed by atoms with E-state index in [-0.39, 0.29) is 0 Å². The van der Waals surface area contributed by atoms with Crippen LogP contribution in [0.5, 0.6) is 0 Å². The zero-order valence-electron chi connectivity index (χ0n) is 21.4. The topological polar surface area (TPSA) is 105 Å². The van der Waals surface area contributed by atoms with Crippen LogP contribution in [-0.4, -0.2) is 52.3 Å². The summed E-state index contributed by atoms with van der Waals surface area (Å²) in [4.78, 5) is 47.7. The quantitative estimate of drug-likeness (QED) is 0.217. The van der Waals surface area contributed by atoms with E-state index in [4.69, 9.17) is 18.9 Å². The lowest BCUT2D eigenvalue weighted by Crippen LogP contribution is -2.08. The van der Waals surface area contributed by atoms with Crippen molar-refractivity contribution in [3.05, 3.63) is 69.8 Å². The maximum absolute atomic E-state index is 11.9. The van der Waals surface area contributed by atoms with E-state index in [2.05, 4.69) is 0 Å². The monoisotopic (exact) mass is 498 g/mol. The molecule has 8 nitrogen and oxygen atoms in total. The van der Waals surface area contributed by atoms with Crippen molar-refractivity contribution in [2.75, 3.05) is 28.4 Å². The van der Waals surface area contributed by atoms with Crippen molar-refractivity contribution in [3.63, 3.8) is 0 Å². The molecule has 0 aromatic heterocycles. The molecule has 0 saturated carbocycles. The first kappa shape index (κ1) is 28.6. The highest BCUT2D eigenvalue weighted by molar-refractivity contribution is 5.96. The van der Waals surface area contributed by atoms with E-state index in [9.17, 15) is 19.2 Å². The zero-order chi connectivity index (χ0) is 26.5. The van der Waals surface area contributed by atoms with E-state index in [0.717, 1.165) is 62.5 Å². The van der Waals surface area contributed by atoms with Crippen molar-refractivity contribution >= 4 is 23.9 Å². The van der Waals surface area contributed by atoms with Gasteiger partial charge in [-0.15, -0.1) is 0 Å². The number of benzene rings is 2. The van der Waals surface area contributed by atoms with E-state index in [1.165, 1.54) is 40.6 Å². The number of esters is 4. The number of carbonyl (C=O) groups excluding carboxylic acids is 4. The molecule has 2 aromatic carbocycles. The van der Waals surface area contributed by atoms with Gasteiger partial charge in [0.1, 0.15) is 0 Å². The standard InChI is InChI=1S/C28H34O8/c1-33-25(29)21-13-19(14-22(17-21)26(30)34-2)11-9-7-5-6-8-10-12-20-15-23(27(31)35-3)18-24(16-20)28(32)36-4/h13-18H,5-12H2,1-4H3. The van der Waals surface area contributed by atoms with Gasteiger partial charge in [-0.05, 0) is 73.2 Å². The number of rotatable bonds is 13. The molecule has 8 heteroatoms. The SMILES string of the molecule is COC(=O)c1cc(CCCCCCCCc2cc(C(=O)OC)cc(C(=O)OC)c2)cc(C(=O)OC)c1. The van der Waals surface area contributed by atoms with Crippen LogP contribution in [-0.2, 0) is 31.8 Å². The minimum Gasteiger partial charge on any atom is -0.465 e. The number of ether oxygens (including phenoxy) is 4. The largest absolute Gasteiger partial charge is 0.465 e. The fourth-order valence-electron chi connectivity index (χ4n) is 3.98. The van der Waals surface area contributed by atoms with Crippen LogP contribution in [0.2, 0.25) is 0 Å². The van der Waals surface area contributed by atoms with Crippen LogP contribution < -0.4 is 0 Å². The van der Waals surface area contributed by atoms with Crippen molar-refractivity contribution in [2.45, 2.75) is 51.4 Å². The Morgan fingerprint density at radius 1 is 0.444 bits per heavy atom. The first-order valence-corrected chi connectivity index (χ1v) is 11.9. The highest BCUT2D eigenvalue weighted by Crippen LogP contribution is 2.18. The average Bonchev–Trinajstić information content (AvgIpc) is 2.92. The second kappa shape index (κ2) is 14.7. The number of aryl methyl sites for hydroxylation is 2. The summed E-state index contributed by atoms with van der Waals surface area (Å²) < 4.78 is 19.1. The highest BCUT2D eigenvalue weighted by Gasteiger charge is 2.15. The molecule has 0 heterocycles. The molecule has 0 aliphatic rings. The molecular weight excluding hydrogens is 464 g/mol. The summed E-state index contributed by atoms with van der Waals surface area (Å²) in [5.41, 5.74) is 3.13. The third kappa shape index (κ3) is 8.52. The summed E-state index contributed by atoms with van der Waals surface area (Å²) >= 11 is 0. The first-order chi connectivity index (χ1) is 17.3. The Hall–Kier alpha value is -3.68. The molecule has 194 valence electrons. The number of hydrogen-bond acceptors (Lipinski definition) is 8. The Bertz CT molecular complexity index is 919. The van der Waals surface area contributed by atoms with Gasteiger partial charge in [0.25, 0.3) is 0 Å². The zero-order valence-corrected chi connectivity index (χ0v) is 21.4. The molecule has 0 aliphatic heterocycles. The van der Waals surface area contributed by atoms with E-state index >= 15 is 0 Å². The summed E-state index contributed by atoms with van der Waals surface area (Å²) in [5.74, 6) is -1.95. The lowest BCUT2D eigenvalue weighted by atomic mass is 9.99. The van der Waals surface area contributed by atoms with E-state index in [0.29, 0.717) is 22.3 Å². The molecule has 0 bridgehead atoms. The van der Waals surface area contributed by atoms with Crippen molar-refractivity contribution in [1.29, 1.82) is 0 Å². The minimum absolute atomic E-state index is 0.335. The third-order valence-electron chi connectivity index (χ3n) is 5.85. The first-order valence-electron chi connectivity index (χ1n) is 11.9. The van der Waals surface area contributed by atoms with Gasteiger partial charge in [-0.25, -0.2) is 19.2 Å². The molecule has 36 heavy (non-hydrogen) atoms. The number of hydrogen-bond donors (Lipinski definition) is 0. The molecule has 0 fully saturated rings. The average molecular weight is 499 g/mol. The maximum Gasteiger partial charge on any atom is 0.337 e. The second-order valence-electron chi connectivity index (χ2n) is 8.42. The van der Waals surface area contributed by atoms with Crippen LogP contribution >= 0.6 is 0 Å². The molecule has 0 radical (unpaired) electrons. The molecular formula is C28H34O8. The summed E-state index contributed by atoms with van der Waals surface area (Å²) in [7, 11) is 5.23. The van der Waals surface area contributed by atoms with Gasteiger partial charge in [-0.3, -0.25) is 0 Å². The van der Waals surface area contributed by atoms with Crippen LogP contribution in [0.4, 0.5) is 0 Å². The van der Waals surface area contributed by atoms with Crippen LogP contribution in [0.15, 0.2) is 36.4 Å². The van der Waals surface area contributed by atoms with Crippen LogP contribution in [0.3, 0.4) is 0 Å². The number of methoxy groups -OCH3 is 4. The Kier molecular flexibility index (Phi) is 11.6. The van der Waals surface area contributed by atoms with Crippen molar-refractivity contribution in [2.24, 2.45) is 0 Å². The van der Waals surface area contributed by atoms with Gasteiger partial charge < -0.3 is 18.9 Å². The number of unbranched alkanes of at least 4 members (excludes halogenated alkanes) is 5. The Morgan fingerprint density at radius 3 is 0.944 bits per heavy atom. The Morgan fingerprint density at radius 2 is 0.694 bits per heavy atom. The van der Waals surface area contributed by atoms with Gasteiger partial charge in [0.2, 0.25) is 0 Å². The summed E-state index contributed by atoms with van der Waals surface area (Å²) in [6.45, 7) is 0. The molecule has 2 rings (SSSR count). The molecule has 0 unspecified atom stereocenters. The highest BCUT2D eigenvalue weighted by atomic mass is 16.5. The van der Waals surface area contributed by atoms with Gasteiger partial charge in [-0.1, -0.05) is 25.7 Å². The maximum atomic E-state index is 11.9. The van der Waals surface area contributed by atoms with Gasteiger partial charge in [0.05, 0.1) is 50.7 Å². The third-order valence-corrected chi connectivity index (χ3v) is 5.85. The Balaban J connectivity index is 1.81. The molecule has 0 atom stereocenters. The van der Waals surface area contributed by atoms with Gasteiger partial charge >= 0.3 is 23.9 Å². The van der Waals surface area contributed by atoms with Crippen molar-refractivity contribution < 1.29 is 38.1 Å². The summed E-state index contributed by atoms with van der Waals surface area (Å²) in [6, 6.07) is 9.98. The van der Waals surface area contributed by atoms with E-state index in [1.54, 1.807) is 24.3 Å². The summed E-state index contributed by atoms with van der Waals surface area (Å²) in [5, 5.41) is 0. The molecule has 2 aromatic rings. The van der Waals surface area contributed by atoms with Crippen LogP contribution in [0, 0.1) is 0 Å². The smallest absolute Gasteiger partial charge is 0.337 e. The molecule has 0 spiro atoms. The van der Waals surface area contributed by atoms with E-state index in [1.807, 2.05) is 0 Å². The minimum atomic E-state index is -0.488. The van der Waals surface area contributed by atoms with Gasteiger partial charge in [0, 0.05) is 0 Å². The molecule has 0 amide bonds. The van der Waals surface area contributed by atoms with Crippen LogP contribution in [0.25, 0.3) is 0 Å². The summed E-state index contributed by atoms with van der Waals surface area (Å²) in [6.07, 6.45) is 7.47. The fourth-order valence-corrected chi connectivity index (χ4v) is 3.98. The lowest BCUT2D eigenvalue weighted by molar-refractivity contribution is 0.0581. The molecule has 0 N–H and O–H groups in total. The van der Waals surface area contributed by atoms with Gasteiger partial charge in [-0.2, -0.15) is 0 Å². The normalized spacial score (nSPS) is 10.4. The van der Waals surface area contributed by atoms with E-state index < -0.39 is 23.9 Å². The number of carbonyl (C=O) groups is 4. The van der Waals surface area contributed by atoms with Crippen molar-refractivity contribution in [1.82, 2.24) is 0 Å². The predicted octanol–water partition coefficient (Wildman–Crippen LogP) is 4.96. The molecule has 0 aliphatic carbocycles.